The summed E-state index contributed by atoms with van der Waals surface area (Å²) in [6.07, 6.45) is 1.04. The van der Waals surface area contributed by atoms with Gasteiger partial charge in [-0.3, -0.25) is 9.59 Å². The zero-order valence-corrected chi connectivity index (χ0v) is 9.29. The van der Waals surface area contributed by atoms with Crippen molar-refractivity contribution in [2.75, 3.05) is 20.2 Å². The van der Waals surface area contributed by atoms with Crippen LogP contribution < -0.4 is 16.0 Å². The second kappa shape index (κ2) is 4.80. The molecular weight excluding hydrogens is 210 g/mol. The molecule has 6 heteroatoms. The van der Waals surface area contributed by atoms with Crippen LogP contribution in [-0.4, -0.2) is 50.2 Å². The van der Waals surface area contributed by atoms with Crippen molar-refractivity contribution in [3.63, 3.8) is 0 Å². The van der Waals surface area contributed by atoms with E-state index in [2.05, 4.69) is 16.0 Å². The van der Waals surface area contributed by atoms with E-state index < -0.39 is 0 Å². The lowest BCUT2D eigenvalue weighted by Gasteiger charge is -2.20. The Kier molecular flexibility index (Phi) is 3.40. The molecule has 6 nitrogen and oxygen atoms in total. The Hall–Kier alpha value is -1.14. The molecule has 2 unspecified atom stereocenters. The summed E-state index contributed by atoms with van der Waals surface area (Å²) in [5.74, 6) is -0.158. The summed E-state index contributed by atoms with van der Waals surface area (Å²) in [6.45, 7) is 1.46. The highest BCUT2D eigenvalue weighted by atomic mass is 16.5. The first kappa shape index (κ1) is 11.3. The maximum Gasteiger partial charge on any atom is 0.242 e. The van der Waals surface area contributed by atoms with E-state index in [1.165, 1.54) is 0 Å². The van der Waals surface area contributed by atoms with Gasteiger partial charge in [-0.05, 0) is 6.42 Å². The van der Waals surface area contributed by atoms with Gasteiger partial charge in [0.2, 0.25) is 11.8 Å². The van der Waals surface area contributed by atoms with E-state index in [-0.39, 0.29) is 30.0 Å². The Morgan fingerprint density at radius 1 is 1.50 bits per heavy atom. The highest BCUT2D eigenvalue weighted by molar-refractivity contribution is 5.90. The molecule has 0 radical (unpaired) electrons. The summed E-state index contributed by atoms with van der Waals surface area (Å²) < 4.78 is 5.24. The van der Waals surface area contributed by atoms with E-state index >= 15 is 0 Å². The highest BCUT2D eigenvalue weighted by Crippen LogP contribution is 2.09. The van der Waals surface area contributed by atoms with Crippen molar-refractivity contribution in [1.82, 2.24) is 16.0 Å². The lowest BCUT2D eigenvalue weighted by Crippen LogP contribution is -2.50. The minimum Gasteiger partial charge on any atom is -0.378 e. The van der Waals surface area contributed by atoms with Crippen molar-refractivity contribution in [3.05, 3.63) is 0 Å². The van der Waals surface area contributed by atoms with Crippen LogP contribution in [0.15, 0.2) is 0 Å². The fourth-order valence-corrected chi connectivity index (χ4v) is 2.14. The van der Waals surface area contributed by atoms with Crippen LogP contribution in [0.3, 0.4) is 0 Å². The van der Waals surface area contributed by atoms with Gasteiger partial charge in [0.1, 0.15) is 6.04 Å². The van der Waals surface area contributed by atoms with Gasteiger partial charge in [0.25, 0.3) is 0 Å². The Morgan fingerprint density at radius 3 is 2.94 bits per heavy atom. The van der Waals surface area contributed by atoms with Crippen LogP contribution in [0.5, 0.6) is 0 Å². The SMILES string of the molecule is CO[C@H]1CNCC1NC(=O)C1CCC(=O)N1. The van der Waals surface area contributed by atoms with Crippen LogP contribution in [0.4, 0.5) is 0 Å². The van der Waals surface area contributed by atoms with Gasteiger partial charge in [-0.1, -0.05) is 0 Å². The van der Waals surface area contributed by atoms with Crippen LogP contribution >= 0.6 is 0 Å². The summed E-state index contributed by atoms with van der Waals surface area (Å²) in [5, 5.41) is 8.70. The lowest BCUT2D eigenvalue weighted by atomic mass is 10.1. The van der Waals surface area contributed by atoms with Crippen LogP contribution in [0, 0.1) is 0 Å². The van der Waals surface area contributed by atoms with Crippen molar-refractivity contribution in [2.45, 2.75) is 31.0 Å². The molecule has 0 aromatic carbocycles. The number of nitrogens with one attached hydrogen (secondary N) is 3. The van der Waals surface area contributed by atoms with Gasteiger partial charge in [-0.15, -0.1) is 0 Å². The molecular formula is C10H17N3O3. The van der Waals surface area contributed by atoms with Gasteiger partial charge in [-0.2, -0.15) is 0 Å². The van der Waals surface area contributed by atoms with Crippen molar-refractivity contribution >= 4 is 11.8 Å². The number of hydrogen-bond donors (Lipinski definition) is 3. The second-order valence-corrected chi connectivity index (χ2v) is 4.21. The summed E-state index contributed by atoms with van der Waals surface area (Å²) in [7, 11) is 1.63. The zero-order valence-electron chi connectivity index (χ0n) is 9.29. The number of ether oxygens (including phenoxy) is 1. The molecule has 0 aliphatic carbocycles. The minimum absolute atomic E-state index is 0.00463. The van der Waals surface area contributed by atoms with Crippen molar-refractivity contribution in [3.8, 4) is 0 Å². The van der Waals surface area contributed by atoms with Gasteiger partial charge in [0.15, 0.2) is 0 Å². The average molecular weight is 227 g/mol. The first-order chi connectivity index (χ1) is 7.70. The Morgan fingerprint density at radius 2 is 2.31 bits per heavy atom. The molecule has 2 amide bonds. The third kappa shape index (κ3) is 2.33. The van der Waals surface area contributed by atoms with Gasteiger partial charge in [0, 0.05) is 26.6 Å². The molecule has 2 rings (SSSR count). The smallest absolute Gasteiger partial charge is 0.242 e. The number of amides is 2. The van der Waals surface area contributed by atoms with E-state index in [1.807, 2.05) is 0 Å². The van der Waals surface area contributed by atoms with Gasteiger partial charge in [-0.25, -0.2) is 0 Å². The molecule has 0 spiro atoms. The van der Waals surface area contributed by atoms with E-state index in [0.717, 1.165) is 6.54 Å². The molecule has 0 aromatic rings. The normalized spacial score (nSPS) is 33.8. The standard InChI is InChI=1S/C10H17N3O3/c1-16-8-5-11-4-7(8)13-10(15)6-2-3-9(14)12-6/h6-8,11H,2-5H2,1H3,(H,12,14)(H,13,15)/t6?,7?,8-/m0/s1. The maximum atomic E-state index is 11.8. The number of methoxy groups -OCH3 is 1. The molecule has 3 N–H and O–H groups in total. The van der Waals surface area contributed by atoms with Gasteiger partial charge in [0.05, 0.1) is 12.1 Å². The summed E-state index contributed by atoms with van der Waals surface area (Å²) >= 11 is 0. The van der Waals surface area contributed by atoms with E-state index in [4.69, 9.17) is 4.74 Å². The highest BCUT2D eigenvalue weighted by Gasteiger charge is 2.32. The molecule has 2 saturated heterocycles. The Bertz CT molecular complexity index is 295. The molecule has 0 aromatic heterocycles. The first-order valence-electron chi connectivity index (χ1n) is 5.54. The van der Waals surface area contributed by atoms with Gasteiger partial charge >= 0.3 is 0 Å². The predicted molar refractivity (Wildman–Crippen MR) is 56.8 cm³/mol. The fraction of sp³-hybridized carbons (Fsp3) is 0.800. The third-order valence-corrected chi connectivity index (χ3v) is 3.10. The number of hydrogen-bond acceptors (Lipinski definition) is 4. The molecule has 0 bridgehead atoms. The molecule has 90 valence electrons. The molecule has 2 fully saturated rings. The summed E-state index contributed by atoms with van der Waals surface area (Å²) in [5.41, 5.74) is 0. The number of carbonyl (C=O) groups excluding carboxylic acids is 2. The van der Waals surface area contributed by atoms with Crippen LogP contribution in [0.25, 0.3) is 0 Å². The molecule has 0 saturated carbocycles. The third-order valence-electron chi connectivity index (χ3n) is 3.10. The fourth-order valence-electron chi connectivity index (χ4n) is 2.14. The molecule has 3 atom stereocenters. The molecule has 2 aliphatic rings. The van der Waals surface area contributed by atoms with Crippen molar-refractivity contribution in [2.24, 2.45) is 0 Å². The molecule has 2 heterocycles. The van der Waals surface area contributed by atoms with Crippen molar-refractivity contribution in [1.29, 1.82) is 0 Å². The number of carbonyl (C=O) groups is 2. The molecule has 2 aliphatic heterocycles. The Balaban J connectivity index is 1.84. The second-order valence-electron chi connectivity index (χ2n) is 4.21. The maximum absolute atomic E-state index is 11.8. The van der Waals surface area contributed by atoms with Crippen LogP contribution in [-0.2, 0) is 14.3 Å². The largest absolute Gasteiger partial charge is 0.378 e. The Labute approximate surface area is 94.1 Å². The lowest BCUT2D eigenvalue weighted by molar-refractivity contribution is -0.126. The van der Waals surface area contributed by atoms with E-state index in [1.54, 1.807) is 7.11 Å². The quantitative estimate of drug-likeness (QED) is 0.541. The van der Waals surface area contributed by atoms with Crippen molar-refractivity contribution < 1.29 is 14.3 Å². The predicted octanol–water partition coefficient (Wildman–Crippen LogP) is -1.63. The zero-order chi connectivity index (χ0) is 11.5. The van der Waals surface area contributed by atoms with Crippen LogP contribution in [0.2, 0.25) is 0 Å². The molecule has 16 heavy (non-hydrogen) atoms. The topological polar surface area (TPSA) is 79.5 Å². The number of rotatable bonds is 3. The first-order valence-corrected chi connectivity index (χ1v) is 5.54. The van der Waals surface area contributed by atoms with Crippen LogP contribution in [0.1, 0.15) is 12.8 Å². The van der Waals surface area contributed by atoms with E-state index in [0.29, 0.717) is 19.4 Å². The average Bonchev–Trinajstić information content (AvgIpc) is 2.86. The minimum atomic E-state index is -0.370. The summed E-state index contributed by atoms with van der Waals surface area (Å²) in [4.78, 5) is 22.8. The summed E-state index contributed by atoms with van der Waals surface area (Å²) in [6, 6.07) is -0.374. The van der Waals surface area contributed by atoms with E-state index in [9.17, 15) is 9.59 Å². The monoisotopic (exact) mass is 227 g/mol. The van der Waals surface area contributed by atoms with Gasteiger partial charge < -0.3 is 20.7 Å².